The monoisotopic (exact) mass is 367 g/mol. The Kier molecular flexibility index (Phi) is 4.53. The zero-order chi connectivity index (χ0) is 18.8. The molecular weight excluding hydrogens is 346 g/mol. The summed E-state index contributed by atoms with van der Waals surface area (Å²) in [7, 11) is 1.75. The molecule has 1 aromatic carbocycles. The Bertz CT molecular complexity index is 971. The number of rotatable bonds is 4. The first kappa shape index (κ1) is 17.1. The molecule has 140 valence electrons. The molecule has 8 heteroatoms. The summed E-state index contributed by atoms with van der Waals surface area (Å²) in [6, 6.07) is 10.9. The van der Waals surface area contributed by atoms with E-state index in [0.717, 1.165) is 22.7 Å². The molecule has 1 N–H and O–H groups in total. The van der Waals surface area contributed by atoms with Gasteiger partial charge in [-0.05, 0) is 36.8 Å². The van der Waals surface area contributed by atoms with Crippen LogP contribution in [0.4, 0.5) is 4.79 Å². The second kappa shape index (κ2) is 7.14. The van der Waals surface area contributed by atoms with E-state index in [1.807, 2.05) is 53.9 Å². The summed E-state index contributed by atoms with van der Waals surface area (Å²) in [4.78, 5) is 14.2. The Morgan fingerprint density at radius 2 is 2.04 bits per heavy atom. The molecule has 27 heavy (non-hydrogen) atoms. The number of benzene rings is 1. The number of nitrogens with zero attached hydrogens (tertiary/aromatic N) is 4. The molecule has 1 aliphatic rings. The van der Waals surface area contributed by atoms with Crippen molar-refractivity contribution in [3.8, 4) is 11.5 Å². The number of nitrogens with one attached hydrogen (secondary N) is 1. The van der Waals surface area contributed by atoms with E-state index in [0.29, 0.717) is 25.6 Å². The summed E-state index contributed by atoms with van der Waals surface area (Å²) in [6.07, 6.45) is 1.88. The molecule has 1 aliphatic heterocycles. The molecule has 0 spiro atoms. The molecule has 4 rings (SSSR count). The van der Waals surface area contributed by atoms with Crippen LogP contribution >= 0.6 is 0 Å². The van der Waals surface area contributed by atoms with Gasteiger partial charge in [0.1, 0.15) is 13.2 Å². The Hall–Kier alpha value is -3.29. The van der Waals surface area contributed by atoms with Crippen LogP contribution in [0.25, 0.3) is 5.65 Å². The van der Waals surface area contributed by atoms with Gasteiger partial charge in [-0.2, -0.15) is 0 Å². The third-order valence-electron chi connectivity index (χ3n) is 4.44. The number of hydrogen-bond acceptors (Lipinski definition) is 5. The van der Waals surface area contributed by atoms with E-state index in [9.17, 15) is 4.79 Å². The first-order valence-corrected chi connectivity index (χ1v) is 8.81. The predicted molar refractivity (Wildman–Crippen MR) is 98.8 cm³/mol. The number of aromatic nitrogens is 3. The second-order valence-electron chi connectivity index (χ2n) is 6.49. The molecule has 8 nitrogen and oxygen atoms in total. The smallest absolute Gasteiger partial charge is 0.318 e. The van der Waals surface area contributed by atoms with Crippen molar-refractivity contribution in [2.75, 3.05) is 20.3 Å². The van der Waals surface area contributed by atoms with Crippen molar-refractivity contribution >= 4 is 11.7 Å². The molecule has 2 aromatic heterocycles. The largest absolute Gasteiger partial charge is 0.486 e. The number of pyridine rings is 1. The maximum Gasteiger partial charge on any atom is 0.318 e. The van der Waals surface area contributed by atoms with Crippen molar-refractivity contribution in [3.05, 3.63) is 54.0 Å². The van der Waals surface area contributed by atoms with Crippen molar-refractivity contribution < 1.29 is 14.3 Å². The third-order valence-corrected chi connectivity index (χ3v) is 4.44. The number of urea groups is 1. The number of fused-ring (bicyclic) bond motifs is 2. The van der Waals surface area contributed by atoms with Gasteiger partial charge in [-0.3, -0.25) is 4.40 Å². The molecule has 0 bridgehead atoms. The Balaban J connectivity index is 1.42. The summed E-state index contributed by atoms with van der Waals surface area (Å²) in [5, 5.41) is 11.3. The lowest BCUT2D eigenvalue weighted by Crippen LogP contribution is -2.38. The molecule has 0 saturated heterocycles. The van der Waals surface area contributed by atoms with Gasteiger partial charge in [0.15, 0.2) is 23.0 Å². The van der Waals surface area contributed by atoms with E-state index < -0.39 is 0 Å². The highest BCUT2D eigenvalue weighted by atomic mass is 16.6. The maximum atomic E-state index is 12.6. The fourth-order valence-electron chi connectivity index (χ4n) is 3.05. The highest BCUT2D eigenvalue weighted by Crippen LogP contribution is 2.31. The molecule has 2 amide bonds. The normalized spacial score (nSPS) is 14.0. The number of carbonyl (C=O) groups is 1. The van der Waals surface area contributed by atoms with Crippen molar-refractivity contribution in [2.45, 2.75) is 19.5 Å². The molecule has 1 unspecified atom stereocenters. The lowest BCUT2D eigenvalue weighted by atomic mass is 10.2. The molecule has 0 aliphatic carbocycles. The molecule has 1 atom stereocenters. The molecule has 3 heterocycles. The number of hydrogen-bond donors (Lipinski definition) is 1. The van der Waals surface area contributed by atoms with Crippen LogP contribution in [0.3, 0.4) is 0 Å². The lowest BCUT2D eigenvalue weighted by molar-refractivity contribution is 0.171. The molecule has 0 fully saturated rings. The van der Waals surface area contributed by atoms with Crippen LogP contribution in [0.15, 0.2) is 42.6 Å². The topological polar surface area (TPSA) is 81.0 Å². The predicted octanol–water partition coefficient (Wildman–Crippen LogP) is 2.40. The fourth-order valence-corrected chi connectivity index (χ4v) is 3.05. The van der Waals surface area contributed by atoms with Gasteiger partial charge in [-0.25, -0.2) is 4.79 Å². The number of ether oxygens (including phenoxy) is 2. The van der Waals surface area contributed by atoms with Crippen LogP contribution in [0.1, 0.15) is 24.4 Å². The van der Waals surface area contributed by atoms with Crippen LogP contribution in [0.2, 0.25) is 0 Å². The average Bonchev–Trinajstić information content (AvgIpc) is 3.12. The van der Waals surface area contributed by atoms with Crippen molar-refractivity contribution in [1.29, 1.82) is 0 Å². The summed E-state index contributed by atoms with van der Waals surface area (Å²) in [5.41, 5.74) is 1.72. The second-order valence-corrected chi connectivity index (χ2v) is 6.49. The quantitative estimate of drug-likeness (QED) is 0.766. The van der Waals surface area contributed by atoms with E-state index in [-0.39, 0.29) is 12.1 Å². The summed E-state index contributed by atoms with van der Waals surface area (Å²) in [6.45, 7) is 3.44. The van der Waals surface area contributed by atoms with E-state index in [2.05, 4.69) is 15.5 Å². The SMILES string of the molecule is CC(NC(=O)N(C)Cc1ccc2c(c1)OCCO2)c1nnc2ccccn12. The average molecular weight is 367 g/mol. The molecule has 0 saturated carbocycles. The minimum absolute atomic E-state index is 0.190. The van der Waals surface area contributed by atoms with Gasteiger partial charge in [0.2, 0.25) is 0 Å². The van der Waals surface area contributed by atoms with Gasteiger partial charge in [0.25, 0.3) is 0 Å². The number of carbonyl (C=O) groups excluding carboxylic acids is 1. The summed E-state index contributed by atoms with van der Waals surface area (Å²) >= 11 is 0. The summed E-state index contributed by atoms with van der Waals surface area (Å²) < 4.78 is 13.0. The third kappa shape index (κ3) is 3.51. The molecule has 0 radical (unpaired) electrons. The van der Waals surface area contributed by atoms with E-state index in [1.165, 1.54) is 0 Å². The first-order valence-electron chi connectivity index (χ1n) is 8.81. The Morgan fingerprint density at radius 1 is 1.22 bits per heavy atom. The minimum Gasteiger partial charge on any atom is -0.486 e. The van der Waals surface area contributed by atoms with Gasteiger partial charge < -0.3 is 19.7 Å². The van der Waals surface area contributed by atoms with Crippen LogP contribution in [0, 0.1) is 0 Å². The number of amides is 2. The minimum atomic E-state index is -0.280. The van der Waals surface area contributed by atoms with Crippen molar-refractivity contribution in [1.82, 2.24) is 24.8 Å². The van der Waals surface area contributed by atoms with E-state index >= 15 is 0 Å². The van der Waals surface area contributed by atoms with Gasteiger partial charge in [0.05, 0.1) is 6.04 Å². The highest BCUT2D eigenvalue weighted by molar-refractivity contribution is 5.74. The standard InChI is InChI=1S/C19H21N5O3/c1-13(18-22-21-17-5-3-4-8-24(17)18)20-19(25)23(2)12-14-6-7-15-16(11-14)27-10-9-26-15/h3-8,11,13H,9-10,12H2,1-2H3,(H,20,25). The lowest BCUT2D eigenvalue weighted by Gasteiger charge is -2.22. The maximum absolute atomic E-state index is 12.6. The van der Waals surface area contributed by atoms with Crippen LogP contribution < -0.4 is 14.8 Å². The molecular formula is C19H21N5O3. The van der Waals surface area contributed by atoms with Gasteiger partial charge in [-0.15, -0.1) is 10.2 Å². The first-order chi connectivity index (χ1) is 13.1. The summed E-state index contributed by atoms with van der Waals surface area (Å²) in [5.74, 6) is 2.15. The van der Waals surface area contributed by atoms with Crippen LogP contribution in [0.5, 0.6) is 11.5 Å². The molecule has 3 aromatic rings. The van der Waals surface area contributed by atoms with Crippen LogP contribution in [-0.2, 0) is 6.54 Å². The Labute approximate surface area is 156 Å². The van der Waals surface area contributed by atoms with Crippen LogP contribution in [-0.4, -0.2) is 45.8 Å². The van der Waals surface area contributed by atoms with Gasteiger partial charge in [-0.1, -0.05) is 12.1 Å². The fraction of sp³-hybridized carbons (Fsp3) is 0.316. The zero-order valence-electron chi connectivity index (χ0n) is 15.3. The van der Waals surface area contributed by atoms with Gasteiger partial charge >= 0.3 is 6.03 Å². The van der Waals surface area contributed by atoms with E-state index in [4.69, 9.17) is 9.47 Å². The highest BCUT2D eigenvalue weighted by Gasteiger charge is 2.19. The van der Waals surface area contributed by atoms with Crippen molar-refractivity contribution in [2.24, 2.45) is 0 Å². The van der Waals surface area contributed by atoms with E-state index in [1.54, 1.807) is 11.9 Å². The zero-order valence-corrected chi connectivity index (χ0v) is 15.3. The van der Waals surface area contributed by atoms with Crippen molar-refractivity contribution in [3.63, 3.8) is 0 Å². The van der Waals surface area contributed by atoms with Gasteiger partial charge in [0, 0.05) is 19.8 Å². The Morgan fingerprint density at radius 3 is 2.89 bits per heavy atom.